The first-order valence-corrected chi connectivity index (χ1v) is 11.4. The van der Waals surface area contributed by atoms with Crippen LogP contribution in [-0.4, -0.2) is 55.7 Å². The summed E-state index contributed by atoms with van der Waals surface area (Å²) in [5.41, 5.74) is 5.58. The number of pyridine rings is 1. The van der Waals surface area contributed by atoms with Crippen molar-refractivity contribution in [2.75, 3.05) is 31.9 Å². The third-order valence-corrected chi connectivity index (χ3v) is 7.62. The molecule has 3 rings (SSSR count). The molecular weight excluding hydrogens is 368 g/mol. The molecule has 2 aromatic rings. The van der Waals surface area contributed by atoms with Gasteiger partial charge in [0.15, 0.2) is 0 Å². The Hall–Kier alpha value is -1.19. The summed E-state index contributed by atoms with van der Waals surface area (Å²) in [5.74, 6) is 0.782. The zero-order valence-corrected chi connectivity index (χ0v) is 16.7. The summed E-state index contributed by atoms with van der Waals surface area (Å²) in [6.45, 7) is 4.73. The van der Waals surface area contributed by atoms with Crippen molar-refractivity contribution in [3.8, 4) is 0 Å². The van der Waals surface area contributed by atoms with Crippen molar-refractivity contribution in [1.29, 1.82) is 0 Å². The number of nitrogens with zero attached hydrogens (tertiary/aromatic N) is 2. The quantitative estimate of drug-likeness (QED) is 0.755. The highest BCUT2D eigenvalue weighted by Crippen LogP contribution is 2.29. The molecule has 1 unspecified atom stereocenters. The first kappa shape index (κ1) is 19.6. The fraction of sp³-hybridized carbons (Fsp3) is 0.500. The maximum Gasteiger partial charge on any atom is 0.243 e. The Morgan fingerprint density at radius 3 is 3.00 bits per heavy atom. The fourth-order valence-electron chi connectivity index (χ4n) is 3.20. The summed E-state index contributed by atoms with van der Waals surface area (Å²) in [6.07, 6.45) is 3.58. The maximum atomic E-state index is 13.2. The van der Waals surface area contributed by atoms with Crippen LogP contribution in [0.1, 0.15) is 19.8 Å². The topological polar surface area (TPSA) is 88.3 Å². The normalized spacial score (nSPS) is 20.0. The predicted molar refractivity (Wildman–Crippen MR) is 107 cm³/mol. The molecule has 1 atom stereocenters. The number of aromatic nitrogens is 1. The van der Waals surface area contributed by atoms with Crippen molar-refractivity contribution in [2.45, 2.75) is 35.7 Å². The lowest BCUT2D eigenvalue weighted by molar-refractivity contribution is 0.301. The average molecular weight is 395 g/mol. The lowest BCUT2D eigenvalue weighted by Gasteiger charge is -2.30. The molecule has 1 aromatic heterocycles. The fourth-order valence-corrected chi connectivity index (χ4v) is 5.70. The highest BCUT2D eigenvalue weighted by atomic mass is 32.2. The highest BCUT2D eigenvalue weighted by Gasteiger charge is 2.29. The standard InChI is InChI=1S/C18H26N4O2S2/c1-14-13-20-8-2-3-10-22(14)26(23,24)16-4-5-17-15(12-16)6-9-21-18(17)25-11-7-19/h4-6,9,12,14,20H,2-3,7-8,10-11,13,19H2,1H3. The molecule has 1 fully saturated rings. The first-order chi connectivity index (χ1) is 12.5. The highest BCUT2D eigenvalue weighted by molar-refractivity contribution is 7.99. The number of nitrogens with one attached hydrogen (secondary N) is 1. The minimum absolute atomic E-state index is 0.0656. The molecule has 6 nitrogen and oxygen atoms in total. The lowest BCUT2D eigenvalue weighted by Crippen LogP contribution is -2.46. The van der Waals surface area contributed by atoms with Gasteiger partial charge in [0.1, 0.15) is 5.03 Å². The van der Waals surface area contributed by atoms with Crippen LogP contribution in [0.4, 0.5) is 0 Å². The Kier molecular flexibility index (Phi) is 6.52. The van der Waals surface area contributed by atoms with E-state index in [9.17, 15) is 8.42 Å². The van der Waals surface area contributed by atoms with E-state index in [1.54, 1.807) is 34.4 Å². The van der Waals surface area contributed by atoms with Gasteiger partial charge in [-0.2, -0.15) is 4.31 Å². The van der Waals surface area contributed by atoms with E-state index in [2.05, 4.69) is 10.3 Å². The van der Waals surface area contributed by atoms with Gasteiger partial charge >= 0.3 is 0 Å². The lowest BCUT2D eigenvalue weighted by atomic mass is 10.2. The van der Waals surface area contributed by atoms with Gasteiger partial charge in [0.05, 0.1) is 4.90 Å². The van der Waals surface area contributed by atoms with Crippen LogP contribution in [0, 0.1) is 0 Å². The van der Waals surface area contributed by atoms with Crippen molar-refractivity contribution < 1.29 is 8.42 Å². The molecule has 26 heavy (non-hydrogen) atoms. The van der Waals surface area contributed by atoms with Crippen molar-refractivity contribution in [3.63, 3.8) is 0 Å². The van der Waals surface area contributed by atoms with Gasteiger partial charge in [0.2, 0.25) is 10.0 Å². The van der Waals surface area contributed by atoms with Gasteiger partial charge in [0, 0.05) is 43.0 Å². The monoisotopic (exact) mass is 394 g/mol. The van der Waals surface area contributed by atoms with E-state index in [1.165, 1.54) is 0 Å². The van der Waals surface area contributed by atoms with Gasteiger partial charge in [-0.15, -0.1) is 11.8 Å². The van der Waals surface area contributed by atoms with Crippen LogP contribution in [0.3, 0.4) is 0 Å². The van der Waals surface area contributed by atoms with Gasteiger partial charge in [-0.3, -0.25) is 0 Å². The minimum atomic E-state index is -3.53. The largest absolute Gasteiger partial charge is 0.330 e. The Morgan fingerprint density at radius 1 is 1.35 bits per heavy atom. The van der Waals surface area contributed by atoms with Crippen LogP contribution in [0.5, 0.6) is 0 Å². The molecule has 2 heterocycles. The van der Waals surface area contributed by atoms with E-state index in [0.717, 1.165) is 40.9 Å². The number of benzene rings is 1. The molecule has 0 bridgehead atoms. The maximum absolute atomic E-state index is 13.2. The van der Waals surface area contributed by atoms with Gasteiger partial charge in [-0.1, -0.05) is 6.07 Å². The summed E-state index contributed by atoms with van der Waals surface area (Å²) in [5, 5.41) is 6.06. The zero-order chi connectivity index (χ0) is 18.6. The van der Waals surface area contributed by atoms with Gasteiger partial charge < -0.3 is 11.1 Å². The van der Waals surface area contributed by atoms with Crippen molar-refractivity contribution in [2.24, 2.45) is 5.73 Å². The van der Waals surface area contributed by atoms with Crippen molar-refractivity contribution in [1.82, 2.24) is 14.6 Å². The second-order valence-electron chi connectivity index (χ2n) is 6.51. The summed E-state index contributed by atoms with van der Waals surface area (Å²) in [6, 6.07) is 7.12. The molecule has 0 aliphatic carbocycles. The van der Waals surface area contributed by atoms with E-state index in [1.807, 2.05) is 19.1 Å². The molecule has 0 radical (unpaired) electrons. The number of fused-ring (bicyclic) bond motifs is 1. The second-order valence-corrected chi connectivity index (χ2v) is 9.49. The van der Waals surface area contributed by atoms with Crippen LogP contribution in [0.25, 0.3) is 10.8 Å². The number of hydrogen-bond donors (Lipinski definition) is 2. The van der Waals surface area contributed by atoms with Gasteiger partial charge in [0.25, 0.3) is 0 Å². The van der Waals surface area contributed by atoms with Crippen LogP contribution in [0.2, 0.25) is 0 Å². The molecule has 0 saturated carbocycles. The molecule has 3 N–H and O–H groups in total. The molecule has 1 aliphatic heterocycles. The average Bonchev–Trinajstić information content (AvgIpc) is 2.62. The SMILES string of the molecule is CC1CNCCCCN1S(=O)(=O)c1ccc2c(SCCN)nccc2c1. The van der Waals surface area contributed by atoms with Crippen LogP contribution >= 0.6 is 11.8 Å². The molecule has 1 aliphatic rings. The third kappa shape index (κ3) is 4.20. The minimum Gasteiger partial charge on any atom is -0.330 e. The van der Waals surface area contributed by atoms with Crippen LogP contribution in [0.15, 0.2) is 40.4 Å². The number of rotatable bonds is 5. The van der Waals surface area contributed by atoms with Gasteiger partial charge in [-0.05, 0) is 49.9 Å². The summed E-state index contributed by atoms with van der Waals surface area (Å²) >= 11 is 1.59. The van der Waals surface area contributed by atoms with E-state index in [-0.39, 0.29) is 6.04 Å². The Morgan fingerprint density at radius 2 is 2.19 bits per heavy atom. The molecule has 8 heteroatoms. The Balaban J connectivity index is 1.95. The second kappa shape index (κ2) is 8.67. The van der Waals surface area contributed by atoms with Crippen LogP contribution < -0.4 is 11.1 Å². The molecule has 0 spiro atoms. The summed E-state index contributed by atoms with van der Waals surface area (Å²) in [4.78, 5) is 4.75. The molecule has 1 saturated heterocycles. The number of hydrogen-bond acceptors (Lipinski definition) is 6. The first-order valence-electron chi connectivity index (χ1n) is 8.98. The predicted octanol–water partition coefficient (Wildman–Crippen LogP) is 2.05. The summed E-state index contributed by atoms with van der Waals surface area (Å²) in [7, 11) is -3.53. The van der Waals surface area contributed by atoms with E-state index in [4.69, 9.17) is 5.73 Å². The molecular formula is C18H26N4O2S2. The van der Waals surface area contributed by atoms with E-state index >= 15 is 0 Å². The summed E-state index contributed by atoms with van der Waals surface area (Å²) < 4.78 is 28.1. The Labute approximate surface area is 159 Å². The van der Waals surface area contributed by atoms with Crippen molar-refractivity contribution >= 4 is 32.6 Å². The number of nitrogens with two attached hydrogens (primary N) is 1. The zero-order valence-electron chi connectivity index (χ0n) is 15.0. The smallest absolute Gasteiger partial charge is 0.243 e. The van der Waals surface area contributed by atoms with Gasteiger partial charge in [-0.25, -0.2) is 13.4 Å². The number of thioether (sulfide) groups is 1. The van der Waals surface area contributed by atoms with E-state index in [0.29, 0.717) is 24.5 Å². The molecule has 0 amide bonds. The van der Waals surface area contributed by atoms with Crippen molar-refractivity contribution in [3.05, 3.63) is 30.5 Å². The molecule has 142 valence electrons. The van der Waals surface area contributed by atoms with E-state index < -0.39 is 10.0 Å². The Bertz CT molecular complexity index is 857. The third-order valence-electron chi connectivity index (χ3n) is 4.58. The van der Waals surface area contributed by atoms with Crippen LogP contribution in [-0.2, 0) is 10.0 Å². The number of sulfonamides is 1. The molecule has 1 aromatic carbocycles.